The quantitative estimate of drug-likeness (QED) is 0.668. The SMILES string of the molecule is CC1N=C(C(=O)N(C)Cc2cnn(Cc3ccccc3)c2)NN(c2ccccc2)C1=O. The number of carbonyl (C=O) groups excluding carboxylic acids is 2. The molecule has 1 N–H and O–H groups in total. The van der Waals surface area contributed by atoms with Gasteiger partial charge in [0.1, 0.15) is 6.04 Å². The molecular weight excluding hydrogens is 392 g/mol. The molecule has 0 bridgehead atoms. The van der Waals surface area contributed by atoms with E-state index in [0.29, 0.717) is 18.8 Å². The summed E-state index contributed by atoms with van der Waals surface area (Å²) in [6.45, 7) is 2.72. The first-order valence-corrected chi connectivity index (χ1v) is 10.1. The molecule has 2 amide bonds. The zero-order chi connectivity index (χ0) is 21.8. The van der Waals surface area contributed by atoms with E-state index in [2.05, 4.69) is 15.5 Å². The van der Waals surface area contributed by atoms with E-state index >= 15 is 0 Å². The number of amidine groups is 1. The molecule has 1 unspecified atom stereocenters. The molecule has 158 valence electrons. The number of hydrogen-bond donors (Lipinski definition) is 1. The van der Waals surface area contributed by atoms with E-state index in [1.165, 1.54) is 5.01 Å². The minimum Gasteiger partial charge on any atom is -0.335 e. The monoisotopic (exact) mass is 416 g/mol. The van der Waals surface area contributed by atoms with E-state index in [4.69, 9.17) is 0 Å². The Morgan fingerprint density at radius 3 is 2.45 bits per heavy atom. The van der Waals surface area contributed by atoms with Crippen LogP contribution in [0.4, 0.5) is 5.69 Å². The van der Waals surface area contributed by atoms with Gasteiger partial charge < -0.3 is 4.90 Å². The molecule has 2 aromatic carbocycles. The standard InChI is InChI=1S/C23H24N6O2/c1-17-22(30)29(20-11-7-4-8-12-20)26-21(25-17)23(31)27(2)14-19-13-24-28(16-19)15-18-9-5-3-6-10-18/h3-13,16-17H,14-15H2,1-2H3,(H,25,26). The molecule has 1 aromatic heterocycles. The van der Waals surface area contributed by atoms with Gasteiger partial charge in [-0.3, -0.25) is 19.7 Å². The molecule has 0 saturated heterocycles. The summed E-state index contributed by atoms with van der Waals surface area (Å²) in [4.78, 5) is 31.3. The summed E-state index contributed by atoms with van der Waals surface area (Å²) in [6.07, 6.45) is 3.68. The van der Waals surface area contributed by atoms with Gasteiger partial charge >= 0.3 is 0 Å². The number of carbonyl (C=O) groups is 2. The number of para-hydroxylation sites is 1. The van der Waals surface area contributed by atoms with Gasteiger partial charge in [-0.05, 0) is 24.6 Å². The Labute approximate surface area is 180 Å². The van der Waals surface area contributed by atoms with E-state index in [1.807, 2.05) is 59.4 Å². The van der Waals surface area contributed by atoms with Crippen LogP contribution in [0.1, 0.15) is 18.1 Å². The maximum Gasteiger partial charge on any atom is 0.290 e. The van der Waals surface area contributed by atoms with Gasteiger partial charge in [0.2, 0.25) is 5.84 Å². The Morgan fingerprint density at radius 1 is 1.06 bits per heavy atom. The molecule has 8 nitrogen and oxygen atoms in total. The van der Waals surface area contributed by atoms with Crippen molar-refractivity contribution in [3.05, 3.63) is 84.2 Å². The van der Waals surface area contributed by atoms with Crippen LogP contribution in [0.25, 0.3) is 0 Å². The number of benzene rings is 2. The highest BCUT2D eigenvalue weighted by molar-refractivity contribution is 6.39. The molecule has 1 aliphatic rings. The fraction of sp³-hybridized carbons (Fsp3) is 0.217. The van der Waals surface area contributed by atoms with Crippen LogP contribution in [0.3, 0.4) is 0 Å². The number of anilines is 1. The normalized spacial score (nSPS) is 15.9. The number of nitrogens with one attached hydrogen (secondary N) is 1. The largest absolute Gasteiger partial charge is 0.335 e. The Morgan fingerprint density at radius 2 is 1.74 bits per heavy atom. The summed E-state index contributed by atoms with van der Waals surface area (Å²) in [6, 6.07) is 18.6. The Hall–Kier alpha value is -3.94. The van der Waals surface area contributed by atoms with E-state index in [1.54, 1.807) is 37.2 Å². The molecule has 4 rings (SSSR count). The maximum atomic E-state index is 13.0. The number of hydrazine groups is 1. The molecule has 0 spiro atoms. The molecule has 0 fully saturated rings. The predicted octanol–water partition coefficient (Wildman–Crippen LogP) is 2.23. The van der Waals surface area contributed by atoms with Gasteiger partial charge in [0.25, 0.3) is 11.8 Å². The fourth-order valence-electron chi connectivity index (χ4n) is 3.37. The van der Waals surface area contributed by atoms with E-state index in [-0.39, 0.29) is 17.6 Å². The molecule has 0 radical (unpaired) electrons. The molecule has 2 heterocycles. The molecule has 8 heteroatoms. The summed E-state index contributed by atoms with van der Waals surface area (Å²) in [7, 11) is 1.70. The molecule has 0 saturated carbocycles. The number of nitrogens with zero attached hydrogens (tertiary/aromatic N) is 5. The fourth-order valence-corrected chi connectivity index (χ4v) is 3.37. The van der Waals surface area contributed by atoms with Crippen LogP contribution in [0.2, 0.25) is 0 Å². The number of aromatic nitrogens is 2. The Kier molecular flexibility index (Phi) is 5.79. The number of hydrogen-bond acceptors (Lipinski definition) is 5. The van der Waals surface area contributed by atoms with Crippen LogP contribution >= 0.6 is 0 Å². The second kappa shape index (κ2) is 8.83. The smallest absolute Gasteiger partial charge is 0.290 e. The lowest BCUT2D eigenvalue weighted by molar-refractivity contribution is -0.124. The summed E-state index contributed by atoms with van der Waals surface area (Å²) in [5.74, 6) is -0.376. The number of likely N-dealkylation sites (N-methyl/N-ethyl adjacent to an activating group) is 1. The molecule has 1 atom stereocenters. The molecule has 0 aliphatic carbocycles. The average molecular weight is 416 g/mol. The van der Waals surface area contributed by atoms with Crippen molar-refractivity contribution in [1.82, 2.24) is 20.1 Å². The second-order valence-electron chi connectivity index (χ2n) is 7.47. The topological polar surface area (TPSA) is 82.8 Å². The highest BCUT2D eigenvalue weighted by Gasteiger charge is 2.31. The van der Waals surface area contributed by atoms with Crippen molar-refractivity contribution in [2.24, 2.45) is 4.99 Å². The highest BCUT2D eigenvalue weighted by atomic mass is 16.2. The minimum atomic E-state index is -0.651. The van der Waals surface area contributed by atoms with Gasteiger partial charge in [0, 0.05) is 25.4 Å². The van der Waals surface area contributed by atoms with Gasteiger partial charge in [-0.1, -0.05) is 48.5 Å². The van der Waals surface area contributed by atoms with Crippen molar-refractivity contribution >= 4 is 23.3 Å². The van der Waals surface area contributed by atoms with Crippen LogP contribution in [0.5, 0.6) is 0 Å². The molecule has 3 aromatic rings. The number of rotatable bonds is 6. The van der Waals surface area contributed by atoms with Crippen molar-refractivity contribution in [1.29, 1.82) is 0 Å². The van der Waals surface area contributed by atoms with Gasteiger partial charge in [-0.2, -0.15) is 5.10 Å². The first kappa shape index (κ1) is 20.3. The molecule has 1 aliphatic heterocycles. The number of aliphatic imine (C=N–C) groups is 1. The lowest BCUT2D eigenvalue weighted by Gasteiger charge is -2.31. The van der Waals surface area contributed by atoms with E-state index in [0.717, 1.165) is 11.1 Å². The van der Waals surface area contributed by atoms with Crippen molar-refractivity contribution in [2.75, 3.05) is 12.1 Å². The lowest BCUT2D eigenvalue weighted by Crippen LogP contribution is -2.58. The average Bonchev–Trinajstić information content (AvgIpc) is 3.22. The minimum absolute atomic E-state index is 0.134. The summed E-state index contributed by atoms with van der Waals surface area (Å²) in [5.41, 5.74) is 5.60. The summed E-state index contributed by atoms with van der Waals surface area (Å²) >= 11 is 0. The van der Waals surface area contributed by atoms with Crippen LogP contribution < -0.4 is 10.4 Å². The third-order valence-electron chi connectivity index (χ3n) is 4.98. The zero-order valence-electron chi connectivity index (χ0n) is 17.5. The van der Waals surface area contributed by atoms with Crippen molar-refractivity contribution in [2.45, 2.75) is 26.1 Å². The Balaban J connectivity index is 1.43. The second-order valence-corrected chi connectivity index (χ2v) is 7.47. The van der Waals surface area contributed by atoms with Crippen molar-refractivity contribution in [3.8, 4) is 0 Å². The first-order valence-electron chi connectivity index (χ1n) is 10.1. The van der Waals surface area contributed by atoms with Crippen LogP contribution in [0, 0.1) is 0 Å². The van der Waals surface area contributed by atoms with Crippen LogP contribution in [-0.2, 0) is 22.7 Å². The summed E-state index contributed by atoms with van der Waals surface area (Å²) < 4.78 is 1.84. The first-order chi connectivity index (χ1) is 15.0. The third kappa shape index (κ3) is 4.63. The van der Waals surface area contributed by atoms with E-state index < -0.39 is 6.04 Å². The zero-order valence-corrected chi connectivity index (χ0v) is 17.5. The third-order valence-corrected chi connectivity index (χ3v) is 4.98. The van der Waals surface area contributed by atoms with E-state index in [9.17, 15) is 9.59 Å². The van der Waals surface area contributed by atoms with Gasteiger partial charge in [0.05, 0.1) is 18.4 Å². The lowest BCUT2D eigenvalue weighted by atomic mass is 10.2. The summed E-state index contributed by atoms with van der Waals surface area (Å²) in [5, 5.41) is 5.76. The Bertz CT molecular complexity index is 1090. The van der Waals surface area contributed by atoms with Crippen molar-refractivity contribution in [3.63, 3.8) is 0 Å². The maximum absolute atomic E-state index is 13.0. The van der Waals surface area contributed by atoms with Gasteiger partial charge in [-0.15, -0.1) is 0 Å². The molecule has 31 heavy (non-hydrogen) atoms. The van der Waals surface area contributed by atoms with Crippen LogP contribution in [0.15, 0.2) is 78.0 Å². The van der Waals surface area contributed by atoms with Gasteiger partial charge in [0.15, 0.2) is 0 Å². The number of amides is 2. The highest BCUT2D eigenvalue weighted by Crippen LogP contribution is 2.16. The van der Waals surface area contributed by atoms with Crippen LogP contribution in [-0.4, -0.2) is 45.4 Å². The van der Waals surface area contributed by atoms with Crippen molar-refractivity contribution < 1.29 is 9.59 Å². The van der Waals surface area contributed by atoms with Gasteiger partial charge in [-0.25, -0.2) is 10.0 Å². The predicted molar refractivity (Wildman–Crippen MR) is 118 cm³/mol. The molecular formula is C23H24N6O2.